The summed E-state index contributed by atoms with van der Waals surface area (Å²) in [6.07, 6.45) is 0.828. The molecular weight excluding hydrogens is 540 g/mol. The maximum atomic E-state index is 10.4. The third-order valence-electron chi connectivity index (χ3n) is 9.19. The molecule has 2 aliphatic heterocycles. The fourth-order valence-corrected chi connectivity index (χ4v) is 6.61. The number of rotatable bonds is 6. The van der Waals surface area contributed by atoms with Gasteiger partial charge in [-0.25, -0.2) is 0 Å². The zero-order valence-electron chi connectivity index (χ0n) is 28.7. The van der Waals surface area contributed by atoms with Crippen LogP contribution in [-0.4, -0.2) is 49.2 Å². The largest absolute Gasteiger partial charge is 0.508 e. The zero-order chi connectivity index (χ0) is 32.2. The van der Waals surface area contributed by atoms with Crippen LogP contribution in [0.15, 0.2) is 24.3 Å². The molecule has 0 bridgehead atoms. The van der Waals surface area contributed by atoms with Crippen molar-refractivity contribution in [1.82, 2.24) is 0 Å². The third kappa shape index (κ3) is 7.41. The molecule has 4 rings (SSSR count). The average molecular weight is 597 g/mol. The van der Waals surface area contributed by atoms with Gasteiger partial charge in [0.1, 0.15) is 11.5 Å². The molecule has 1 spiro atoms. The molecule has 0 unspecified atom stereocenters. The summed E-state index contributed by atoms with van der Waals surface area (Å²) >= 11 is 0. The van der Waals surface area contributed by atoms with Crippen LogP contribution in [-0.2, 0) is 42.6 Å². The molecule has 2 aromatic carbocycles. The molecule has 0 atom stereocenters. The molecule has 6 nitrogen and oxygen atoms in total. The van der Waals surface area contributed by atoms with Crippen molar-refractivity contribution in [1.29, 1.82) is 0 Å². The van der Waals surface area contributed by atoms with Crippen molar-refractivity contribution >= 4 is 0 Å². The smallest absolute Gasteiger partial charge is 0.162 e. The summed E-state index contributed by atoms with van der Waals surface area (Å²) in [6.45, 7) is 27.8. The van der Waals surface area contributed by atoms with Gasteiger partial charge >= 0.3 is 0 Å². The van der Waals surface area contributed by atoms with Gasteiger partial charge in [0.05, 0.1) is 31.8 Å². The Bertz CT molecular complexity index is 1190. The second-order valence-electron chi connectivity index (χ2n) is 16.8. The summed E-state index contributed by atoms with van der Waals surface area (Å²) in [4.78, 5) is 0. The first kappa shape index (κ1) is 33.8. The number of phenols is 2. The predicted molar refractivity (Wildman–Crippen MR) is 172 cm³/mol. The second-order valence-corrected chi connectivity index (χ2v) is 16.8. The lowest BCUT2D eigenvalue weighted by Crippen LogP contribution is -2.56. The Morgan fingerprint density at radius 1 is 0.581 bits per heavy atom. The summed E-state index contributed by atoms with van der Waals surface area (Å²) in [6, 6.07) is 8.05. The first-order valence-corrected chi connectivity index (χ1v) is 15.8. The highest BCUT2D eigenvalue weighted by Crippen LogP contribution is 2.43. The van der Waals surface area contributed by atoms with E-state index in [9.17, 15) is 10.2 Å². The van der Waals surface area contributed by atoms with Crippen molar-refractivity contribution in [3.63, 3.8) is 0 Å². The maximum Gasteiger partial charge on any atom is 0.162 e. The standard InChI is InChI=1S/C37H56O6/c1-23-13-25(27(15-29(23)38)33(3,4)5)17-35(9,10)31-40-19-37(20-41-31)21-42-32(43-22-37)36(11,12)18-26-14-24(2)30(39)16-28(26)34(6,7)8/h13-16,31-32,38-39H,17-22H2,1-12H3. The van der Waals surface area contributed by atoms with Crippen LogP contribution in [0.4, 0.5) is 0 Å². The minimum Gasteiger partial charge on any atom is -0.508 e. The van der Waals surface area contributed by atoms with E-state index in [0.29, 0.717) is 37.9 Å². The number of hydrogen-bond acceptors (Lipinski definition) is 6. The highest BCUT2D eigenvalue weighted by Gasteiger charge is 2.48. The summed E-state index contributed by atoms with van der Waals surface area (Å²) in [5, 5.41) is 20.8. The molecule has 240 valence electrons. The topological polar surface area (TPSA) is 77.4 Å². The SMILES string of the molecule is Cc1cc(CC(C)(C)C2OCC3(CO2)COC(C(C)(C)Cc2cc(C)c(O)cc2C(C)(C)C)OC3)c(C(C)(C)C)cc1O. The Balaban J connectivity index is 1.40. The Hall–Kier alpha value is -2.12. The number of hydrogen-bond donors (Lipinski definition) is 2. The minimum atomic E-state index is -0.359. The maximum absolute atomic E-state index is 10.4. The van der Waals surface area contributed by atoms with Crippen molar-refractivity contribution in [2.45, 2.75) is 119 Å². The van der Waals surface area contributed by atoms with Gasteiger partial charge in [-0.1, -0.05) is 81.4 Å². The van der Waals surface area contributed by atoms with E-state index >= 15 is 0 Å². The summed E-state index contributed by atoms with van der Waals surface area (Å²) in [5.41, 5.74) is 5.42. The van der Waals surface area contributed by atoms with E-state index in [4.69, 9.17) is 18.9 Å². The lowest BCUT2D eigenvalue weighted by Gasteiger charge is -2.49. The van der Waals surface area contributed by atoms with Crippen LogP contribution in [0, 0.1) is 30.1 Å². The predicted octanol–water partition coefficient (Wildman–Crippen LogP) is 7.88. The van der Waals surface area contributed by atoms with Crippen molar-refractivity contribution in [3.8, 4) is 11.5 Å². The van der Waals surface area contributed by atoms with Gasteiger partial charge < -0.3 is 29.2 Å². The highest BCUT2D eigenvalue weighted by molar-refractivity contribution is 5.45. The van der Waals surface area contributed by atoms with Gasteiger partial charge in [0, 0.05) is 10.8 Å². The summed E-state index contributed by atoms with van der Waals surface area (Å²) in [7, 11) is 0. The molecule has 2 fully saturated rings. The monoisotopic (exact) mass is 596 g/mol. The molecule has 2 saturated heterocycles. The second kappa shape index (κ2) is 11.7. The minimum absolute atomic E-state index is 0.0918. The van der Waals surface area contributed by atoms with Crippen LogP contribution in [0.25, 0.3) is 0 Å². The molecule has 0 amide bonds. The third-order valence-corrected chi connectivity index (χ3v) is 9.19. The molecule has 43 heavy (non-hydrogen) atoms. The highest BCUT2D eigenvalue weighted by atomic mass is 16.7. The first-order chi connectivity index (χ1) is 19.6. The fraction of sp³-hybridized carbons (Fsp3) is 0.676. The van der Waals surface area contributed by atoms with Crippen LogP contribution in [0.5, 0.6) is 11.5 Å². The Morgan fingerprint density at radius 3 is 1.16 bits per heavy atom. The van der Waals surface area contributed by atoms with Gasteiger partial charge in [0.25, 0.3) is 0 Å². The van der Waals surface area contributed by atoms with Crippen LogP contribution in [0.3, 0.4) is 0 Å². The van der Waals surface area contributed by atoms with Crippen molar-refractivity contribution in [3.05, 3.63) is 57.6 Å². The van der Waals surface area contributed by atoms with Crippen LogP contribution in [0.2, 0.25) is 0 Å². The number of aryl methyl sites for hydroxylation is 2. The summed E-state index contributed by atoms with van der Waals surface area (Å²) in [5.74, 6) is 0.676. The molecule has 2 heterocycles. The quantitative estimate of drug-likeness (QED) is 0.353. The van der Waals surface area contributed by atoms with Gasteiger partial charge in [-0.15, -0.1) is 0 Å². The molecule has 6 heteroatoms. The molecule has 2 aliphatic rings. The van der Waals surface area contributed by atoms with E-state index in [0.717, 1.165) is 35.1 Å². The first-order valence-electron chi connectivity index (χ1n) is 15.8. The van der Waals surface area contributed by atoms with Crippen molar-refractivity contribution in [2.75, 3.05) is 26.4 Å². The van der Waals surface area contributed by atoms with Gasteiger partial charge in [-0.05, 0) is 83.0 Å². The zero-order valence-corrected chi connectivity index (χ0v) is 28.7. The van der Waals surface area contributed by atoms with E-state index in [1.807, 2.05) is 26.0 Å². The van der Waals surface area contributed by atoms with Crippen molar-refractivity contribution in [2.24, 2.45) is 16.2 Å². The molecule has 0 radical (unpaired) electrons. The number of ether oxygens (including phenoxy) is 4. The van der Waals surface area contributed by atoms with Gasteiger partial charge in [0.15, 0.2) is 12.6 Å². The molecule has 0 saturated carbocycles. The van der Waals surface area contributed by atoms with Gasteiger partial charge in [0.2, 0.25) is 0 Å². The van der Waals surface area contributed by atoms with Gasteiger partial charge in [-0.3, -0.25) is 0 Å². The number of benzene rings is 2. The van der Waals surface area contributed by atoms with E-state index in [1.54, 1.807) is 0 Å². The lowest BCUT2D eigenvalue weighted by molar-refractivity contribution is -0.333. The molecule has 0 aliphatic carbocycles. The summed E-state index contributed by atoms with van der Waals surface area (Å²) < 4.78 is 25.7. The molecule has 2 aromatic rings. The number of phenolic OH excluding ortho intramolecular Hbond substituents is 2. The Morgan fingerprint density at radius 2 is 0.884 bits per heavy atom. The fourth-order valence-electron chi connectivity index (χ4n) is 6.61. The van der Waals surface area contributed by atoms with Crippen LogP contribution in [0.1, 0.15) is 103 Å². The van der Waals surface area contributed by atoms with E-state index < -0.39 is 0 Å². The molecule has 2 N–H and O–H groups in total. The Kier molecular flexibility index (Phi) is 9.16. The van der Waals surface area contributed by atoms with E-state index in [1.165, 1.54) is 11.1 Å². The van der Waals surface area contributed by atoms with E-state index in [-0.39, 0.29) is 39.7 Å². The average Bonchev–Trinajstić information content (AvgIpc) is 2.87. The normalized spacial score (nSPS) is 24.0. The number of aromatic hydroxyl groups is 2. The lowest BCUT2D eigenvalue weighted by atomic mass is 9.76. The Labute approximate surface area is 260 Å². The van der Waals surface area contributed by atoms with Crippen LogP contribution < -0.4 is 0 Å². The van der Waals surface area contributed by atoms with Gasteiger partial charge in [-0.2, -0.15) is 0 Å². The van der Waals surface area contributed by atoms with Crippen LogP contribution >= 0.6 is 0 Å². The molecular formula is C37H56O6. The molecule has 0 aromatic heterocycles. The van der Waals surface area contributed by atoms with E-state index in [2.05, 4.69) is 81.4 Å². The van der Waals surface area contributed by atoms with Crippen molar-refractivity contribution < 1.29 is 29.2 Å².